The number of hydrogen-bond acceptors (Lipinski definition) is 4. The molecule has 3 rings (SSSR count). The minimum atomic E-state index is -3.59. The highest BCUT2D eigenvalue weighted by atomic mass is 32.2. The largest absolute Gasteiger partial charge is 0.377 e. The average Bonchev–Trinajstić information content (AvgIpc) is 3.14. The van der Waals surface area contributed by atoms with E-state index in [4.69, 9.17) is 4.74 Å². The molecular formula is C19H22N2O4S. The van der Waals surface area contributed by atoms with E-state index in [0.717, 1.165) is 18.4 Å². The molecule has 1 saturated heterocycles. The van der Waals surface area contributed by atoms with Crippen LogP contribution in [0.2, 0.25) is 0 Å². The molecule has 1 heterocycles. The molecule has 0 unspecified atom stereocenters. The molecule has 1 atom stereocenters. The van der Waals surface area contributed by atoms with E-state index >= 15 is 0 Å². The van der Waals surface area contributed by atoms with Crippen molar-refractivity contribution in [2.75, 3.05) is 18.5 Å². The molecule has 2 aromatic rings. The minimum Gasteiger partial charge on any atom is -0.377 e. The van der Waals surface area contributed by atoms with Crippen LogP contribution in [0.15, 0.2) is 53.4 Å². The van der Waals surface area contributed by atoms with Crippen LogP contribution in [0.4, 0.5) is 5.69 Å². The molecule has 0 bridgehead atoms. The number of rotatable bonds is 6. The van der Waals surface area contributed by atoms with Gasteiger partial charge in [0, 0.05) is 24.4 Å². The Morgan fingerprint density at radius 2 is 1.96 bits per heavy atom. The number of amides is 1. The highest BCUT2D eigenvalue weighted by Crippen LogP contribution is 2.17. The zero-order chi connectivity index (χ0) is 18.6. The van der Waals surface area contributed by atoms with Crippen LogP contribution in [0, 0.1) is 6.92 Å². The van der Waals surface area contributed by atoms with Gasteiger partial charge in [0.25, 0.3) is 5.91 Å². The first-order valence-electron chi connectivity index (χ1n) is 8.53. The van der Waals surface area contributed by atoms with Gasteiger partial charge in [-0.05, 0) is 56.2 Å². The van der Waals surface area contributed by atoms with Crippen LogP contribution in [-0.2, 0) is 14.8 Å². The Morgan fingerprint density at radius 3 is 2.62 bits per heavy atom. The molecule has 0 radical (unpaired) electrons. The van der Waals surface area contributed by atoms with Gasteiger partial charge in [-0.1, -0.05) is 17.7 Å². The Morgan fingerprint density at radius 1 is 1.19 bits per heavy atom. The maximum Gasteiger partial charge on any atom is 0.255 e. The van der Waals surface area contributed by atoms with Crippen molar-refractivity contribution in [1.82, 2.24) is 4.72 Å². The number of anilines is 1. The molecule has 0 saturated carbocycles. The van der Waals surface area contributed by atoms with E-state index in [2.05, 4.69) is 10.0 Å². The predicted octanol–water partition coefficient (Wildman–Crippen LogP) is 2.70. The summed E-state index contributed by atoms with van der Waals surface area (Å²) in [5, 5.41) is 2.77. The summed E-state index contributed by atoms with van der Waals surface area (Å²) >= 11 is 0. The molecule has 2 aromatic carbocycles. The molecule has 1 amide bonds. The minimum absolute atomic E-state index is 0.0577. The number of ether oxygens (including phenoxy) is 1. The molecule has 0 aromatic heterocycles. The van der Waals surface area contributed by atoms with Crippen molar-refractivity contribution in [2.45, 2.75) is 30.8 Å². The molecule has 6 nitrogen and oxygen atoms in total. The summed E-state index contributed by atoms with van der Waals surface area (Å²) in [5.74, 6) is -0.235. The summed E-state index contributed by atoms with van der Waals surface area (Å²) < 4.78 is 32.6. The Bertz CT molecular complexity index is 873. The predicted molar refractivity (Wildman–Crippen MR) is 99.7 cm³/mol. The van der Waals surface area contributed by atoms with Crippen LogP contribution in [0.3, 0.4) is 0 Å². The molecule has 2 N–H and O–H groups in total. The van der Waals surface area contributed by atoms with Crippen molar-refractivity contribution in [1.29, 1.82) is 0 Å². The highest BCUT2D eigenvalue weighted by molar-refractivity contribution is 7.89. The average molecular weight is 374 g/mol. The number of nitrogens with one attached hydrogen (secondary N) is 2. The number of hydrogen-bond donors (Lipinski definition) is 2. The topological polar surface area (TPSA) is 84.5 Å². The maximum atomic E-state index is 12.3. The molecule has 26 heavy (non-hydrogen) atoms. The van der Waals surface area contributed by atoms with E-state index in [-0.39, 0.29) is 23.5 Å². The molecule has 1 aliphatic heterocycles. The van der Waals surface area contributed by atoms with Crippen molar-refractivity contribution in [3.05, 3.63) is 59.7 Å². The van der Waals surface area contributed by atoms with Crippen molar-refractivity contribution in [2.24, 2.45) is 0 Å². The molecule has 1 fully saturated rings. The smallest absolute Gasteiger partial charge is 0.255 e. The van der Waals surface area contributed by atoms with Gasteiger partial charge in [-0.2, -0.15) is 0 Å². The number of carbonyl (C=O) groups is 1. The second-order valence-corrected chi connectivity index (χ2v) is 8.10. The molecule has 138 valence electrons. The van der Waals surface area contributed by atoms with E-state index < -0.39 is 10.0 Å². The number of benzene rings is 2. The van der Waals surface area contributed by atoms with Gasteiger partial charge in [0.05, 0.1) is 11.0 Å². The molecule has 0 aliphatic carbocycles. The lowest BCUT2D eigenvalue weighted by molar-refractivity contribution is 0.102. The zero-order valence-corrected chi connectivity index (χ0v) is 15.4. The van der Waals surface area contributed by atoms with Gasteiger partial charge in [-0.15, -0.1) is 0 Å². The third-order valence-corrected chi connectivity index (χ3v) is 5.67. The first-order valence-corrected chi connectivity index (χ1v) is 10.0. The lowest BCUT2D eigenvalue weighted by atomic mass is 10.1. The normalized spacial score (nSPS) is 17.2. The highest BCUT2D eigenvalue weighted by Gasteiger charge is 2.20. The quantitative estimate of drug-likeness (QED) is 0.814. The van der Waals surface area contributed by atoms with E-state index in [1.165, 1.54) is 12.1 Å². The zero-order valence-electron chi connectivity index (χ0n) is 14.6. The van der Waals surface area contributed by atoms with Gasteiger partial charge in [0.1, 0.15) is 0 Å². The second kappa shape index (κ2) is 7.99. The van der Waals surface area contributed by atoms with Gasteiger partial charge >= 0.3 is 0 Å². The fraction of sp³-hybridized carbons (Fsp3) is 0.316. The van der Waals surface area contributed by atoms with E-state index in [0.29, 0.717) is 17.9 Å². The maximum absolute atomic E-state index is 12.3. The fourth-order valence-corrected chi connectivity index (χ4v) is 3.86. The van der Waals surface area contributed by atoms with Crippen molar-refractivity contribution >= 4 is 21.6 Å². The summed E-state index contributed by atoms with van der Waals surface area (Å²) in [6.07, 6.45) is 1.77. The standard InChI is InChI=1S/C19H22N2O4S/c1-14-4-2-5-15(12-14)19(22)21-16-7-9-18(10-8-16)26(23,24)20-13-17-6-3-11-25-17/h2,4-5,7-10,12,17,20H,3,6,11,13H2,1H3,(H,21,22)/t17-/m0/s1. The second-order valence-electron chi connectivity index (χ2n) is 6.33. The van der Waals surface area contributed by atoms with E-state index in [1.807, 2.05) is 19.1 Å². The van der Waals surface area contributed by atoms with Gasteiger partial charge in [0.15, 0.2) is 0 Å². The van der Waals surface area contributed by atoms with Crippen LogP contribution in [-0.4, -0.2) is 33.6 Å². The Balaban J connectivity index is 1.63. The van der Waals surface area contributed by atoms with Gasteiger partial charge in [-0.3, -0.25) is 4.79 Å². The third-order valence-electron chi connectivity index (χ3n) is 4.23. The van der Waals surface area contributed by atoms with Crippen LogP contribution in [0.5, 0.6) is 0 Å². The summed E-state index contributed by atoms with van der Waals surface area (Å²) in [6, 6.07) is 13.4. The van der Waals surface area contributed by atoms with Crippen LogP contribution < -0.4 is 10.0 Å². The van der Waals surface area contributed by atoms with Gasteiger partial charge in [-0.25, -0.2) is 13.1 Å². The number of aryl methyl sites for hydroxylation is 1. The van der Waals surface area contributed by atoms with Gasteiger partial charge in [0.2, 0.25) is 10.0 Å². The molecule has 1 aliphatic rings. The first kappa shape index (κ1) is 18.6. The van der Waals surface area contributed by atoms with Crippen molar-refractivity contribution in [3.63, 3.8) is 0 Å². The summed E-state index contributed by atoms with van der Waals surface area (Å²) in [5.41, 5.74) is 2.09. The van der Waals surface area contributed by atoms with Crippen LogP contribution >= 0.6 is 0 Å². The monoisotopic (exact) mass is 374 g/mol. The van der Waals surface area contributed by atoms with E-state index in [9.17, 15) is 13.2 Å². The summed E-state index contributed by atoms with van der Waals surface area (Å²) in [4.78, 5) is 12.4. The number of sulfonamides is 1. The van der Waals surface area contributed by atoms with Crippen molar-refractivity contribution in [3.8, 4) is 0 Å². The summed E-state index contributed by atoms with van der Waals surface area (Å²) in [6.45, 7) is 2.87. The molecule has 7 heteroatoms. The van der Waals surface area contributed by atoms with Crippen molar-refractivity contribution < 1.29 is 17.9 Å². The number of carbonyl (C=O) groups excluding carboxylic acids is 1. The fourth-order valence-electron chi connectivity index (χ4n) is 2.80. The third kappa shape index (κ3) is 4.69. The molecular weight excluding hydrogens is 352 g/mol. The Hall–Kier alpha value is -2.22. The lowest BCUT2D eigenvalue weighted by Gasteiger charge is -2.12. The Kier molecular flexibility index (Phi) is 5.70. The lowest BCUT2D eigenvalue weighted by Crippen LogP contribution is -2.31. The molecule has 0 spiro atoms. The first-order chi connectivity index (χ1) is 12.4. The van der Waals surface area contributed by atoms with E-state index in [1.54, 1.807) is 24.3 Å². The van der Waals surface area contributed by atoms with Gasteiger partial charge < -0.3 is 10.1 Å². The van der Waals surface area contributed by atoms with Crippen LogP contribution in [0.1, 0.15) is 28.8 Å². The van der Waals surface area contributed by atoms with Crippen LogP contribution in [0.25, 0.3) is 0 Å². The Labute approximate surface area is 153 Å². The summed E-state index contributed by atoms with van der Waals surface area (Å²) in [7, 11) is -3.59. The SMILES string of the molecule is Cc1cccc(C(=O)Nc2ccc(S(=O)(=O)NC[C@@H]3CCCO3)cc2)c1.